The summed E-state index contributed by atoms with van der Waals surface area (Å²) in [7, 11) is 0. The number of carbonyl (C=O) groups is 1. The maximum atomic E-state index is 11.5. The average molecular weight is 315 g/mol. The van der Waals surface area contributed by atoms with Crippen molar-refractivity contribution >= 4 is 18.3 Å². The average Bonchev–Trinajstić information content (AvgIpc) is 2.91. The molecular weight excluding hydrogens is 292 g/mol. The molecule has 1 atom stereocenters. The maximum Gasteiger partial charge on any atom is 0.221 e. The Labute approximate surface area is 131 Å². The number of ether oxygens (including phenoxy) is 2. The zero-order valence-electron chi connectivity index (χ0n) is 12.3. The summed E-state index contributed by atoms with van der Waals surface area (Å²) in [6, 6.07) is 6.01. The molecule has 1 fully saturated rings. The molecule has 0 radical (unpaired) electrons. The van der Waals surface area contributed by atoms with Gasteiger partial charge in [-0.05, 0) is 18.6 Å². The van der Waals surface area contributed by atoms with Crippen molar-refractivity contribution in [1.82, 2.24) is 5.32 Å². The van der Waals surface area contributed by atoms with Gasteiger partial charge >= 0.3 is 0 Å². The molecule has 0 spiro atoms. The normalized spacial score (nSPS) is 17.1. The van der Waals surface area contributed by atoms with E-state index in [2.05, 4.69) is 5.32 Å². The highest BCUT2D eigenvalue weighted by Gasteiger charge is 2.18. The fraction of sp³-hybridized carbons (Fsp3) is 0.533. The van der Waals surface area contributed by atoms with Crippen molar-refractivity contribution in [2.24, 2.45) is 5.73 Å². The van der Waals surface area contributed by atoms with Crippen LogP contribution in [0.25, 0.3) is 0 Å². The van der Waals surface area contributed by atoms with Gasteiger partial charge in [-0.1, -0.05) is 12.1 Å². The first kappa shape index (κ1) is 17.8. The number of halogens is 1. The topological polar surface area (TPSA) is 73.6 Å². The lowest BCUT2D eigenvalue weighted by atomic mass is 10.1. The molecule has 1 saturated heterocycles. The summed E-state index contributed by atoms with van der Waals surface area (Å²) in [6.45, 7) is 4.23. The van der Waals surface area contributed by atoms with E-state index in [1.165, 1.54) is 0 Å². The molecule has 118 valence electrons. The van der Waals surface area contributed by atoms with Gasteiger partial charge in [0.1, 0.15) is 11.9 Å². The van der Waals surface area contributed by atoms with Crippen LogP contribution in [0, 0.1) is 6.92 Å². The number of amides is 1. The van der Waals surface area contributed by atoms with Crippen molar-refractivity contribution in [3.8, 4) is 5.75 Å². The van der Waals surface area contributed by atoms with E-state index in [0.29, 0.717) is 26.1 Å². The monoisotopic (exact) mass is 314 g/mol. The summed E-state index contributed by atoms with van der Waals surface area (Å²) in [5, 5.41) is 2.85. The SMILES string of the molecule is Cc1ccc(CNC(=O)CCN)c(OC2CCOC2)c1.Cl. The molecule has 3 N–H and O–H groups in total. The minimum Gasteiger partial charge on any atom is -0.488 e. The van der Waals surface area contributed by atoms with Crippen LogP contribution in [0.3, 0.4) is 0 Å². The van der Waals surface area contributed by atoms with Gasteiger partial charge in [-0.2, -0.15) is 0 Å². The zero-order chi connectivity index (χ0) is 14.4. The lowest BCUT2D eigenvalue weighted by molar-refractivity contribution is -0.121. The molecule has 1 aromatic rings. The third kappa shape index (κ3) is 5.53. The van der Waals surface area contributed by atoms with Crippen LogP contribution in [0.15, 0.2) is 18.2 Å². The Hall–Kier alpha value is -1.30. The van der Waals surface area contributed by atoms with Gasteiger partial charge in [0.25, 0.3) is 0 Å². The van der Waals surface area contributed by atoms with Crippen LogP contribution in [-0.2, 0) is 16.1 Å². The number of benzene rings is 1. The Morgan fingerprint density at radius 1 is 1.52 bits per heavy atom. The molecule has 1 amide bonds. The van der Waals surface area contributed by atoms with Crippen LogP contribution in [0.1, 0.15) is 24.0 Å². The smallest absolute Gasteiger partial charge is 0.221 e. The van der Waals surface area contributed by atoms with E-state index in [4.69, 9.17) is 15.2 Å². The summed E-state index contributed by atoms with van der Waals surface area (Å²) in [5.41, 5.74) is 7.47. The van der Waals surface area contributed by atoms with Crippen molar-refractivity contribution < 1.29 is 14.3 Å². The molecule has 6 heteroatoms. The van der Waals surface area contributed by atoms with E-state index < -0.39 is 0 Å². The lowest BCUT2D eigenvalue weighted by Crippen LogP contribution is -2.25. The van der Waals surface area contributed by atoms with E-state index in [9.17, 15) is 4.79 Å². The number of nitrogens with one attached hydrogen (secondary N) is 1. The van der Waals surface area contributed by atoms with Crippen molar-refractivity contribution in [2.75, 3.05) is 19.8 Å². The number of hydrogen-bond donors (Lipinski definition) is 2. The number of hydrogen-bond acceptors (Lipinski definition) is 4. The maximum absolute atomic E-state index is 11.5. The van der Waals surface area contributed by atoms with Crippen molar-refractivity contribution in [1.29, 1.82) is 0 Å². The van der Waals surface area contributed by atoms with Gasteiger partial charge in [-0.25, -0.2) is 0 Å². The molecule has 1 aliphatic heterocycles. The van der Waals surface area contributed by atoms with Gasteiger partial charge in [0, 0.05) is 31.5 Å². The fourth-order valence-electron chi connectivity index (χ4n) is 2.12. The van der Waals surface area contributed by atoms with Crippen molar-refractivity contribution in [3.05, 3.63) is 29.3 Å². The number of nitrogens with two attached hydrogens (primary N) is 1. The van der Waals surface area contributed by atoms with E-state index in [-0.39, 0.29) is 24.4 Å². The van der Waals surface area contributed by atoms with Gasteiger partial charge < -0.3 is 20.5 Å². The van der Waals surface area contributed by atoms with E-state index in [1.807, 2.05) is 25.1 Å². The molecule has 21 heavy (non-hydrogen) atoms. The number of aryl methyl sites for hydroxylation is 1. The molecule has 0 aromatic heterocycles. The highest BCUT2D eigenvalue weighted by Crippen LogP contribution is 2.23. The van der Waals surface area contributed by atoms with Crippen LogP contribution in [0.2, 0.25) is 0 Å². The van der Waals surface area contributed by atoms with Gasteiger partial charge in [-0.3, -0.25) is 4.79 Å². The molecule has 2 rings (SSSR count). The molecule has 5 nitrogen and oxygen atoms in total. The Kier molecular flexibility index (Phi) is 7.50. The Bertz CT molecular complexity index is 462. The summed E-state index contributed by atoms with van der Waals surface area (Å²) >= 11 is 0. The third-order valence-electron chi connectivity index (χ3n) is 3.25. The minimum absolute atomic E-state index is 0. The van der Waals surface area contributed by atoms with Crippen LogP contribution in [0.4, 0.5) is 0 Å². The standard InChI is InChI=1S/C15H22N2O3.ClH/c1-11-2-3-12(9-17-15(18)4-6-16)14(8-11)20-13-5-7-19-10-13;/h2-3,8,13H,4-7,9-10,16H2,1H3,(H,17,18);1H. The molecule has 1 aromatic carbocycles. The Morgan fingerprint density at radius 2 is 2.33 bits per heavy atom. The molecule has 1 unspecified atom stereocenters. The van der Waals surface area contributed by atoms with Crippen LogP contribution in [-0.4, -0.2) is 31.8 Å². The minimum atomic E-state index is -0.0387. The second kappa shape index (κ2) is 8.87. The molecule has 1 aliphatic rings. The van der Waals surface area contributed by atoms with Crippen molar-refractivity contribution in [2.45, 2.75) is 32.4 Å². The van der Waals surface area contributed by atoms with E-state index in [0.717, 1.165) is 29.9 Å². The van der Waals surface area contributed by atoms with Gasteiger partial charge in [0.05, 0.1) is 13.2 Å². The molecular formula is C15H23ClN2O3. The predicted octanol–water partition coefficient (Wildman–Crippen LogP) is 1.55. The highest BCUT2D eigenvalue weighted by molar-refractivity contribution is 5.85. The van der Waals surface area contributed by atoms with E-state index >= 15 is 0 Å². The Balaban J connectivity index is 0.00000220. The van der Waals surface area contributed by atoms with Crippen LogP contribution < -0.4 is 15.8 Å². The van der Waals surface area contributed by atoms with E-state index in [1.54, 1.807) is 0 Å². The van der Waals surface area contributed by atoms with Gasteiger partial charge in [-0.15, -0.1) is 12.4 Å². The second-order valence-electron chi connectivity index (χ2n) is 5.03. The van der Waals surface area contributed by atoms with Crippen molar-refractivity contribution in [3.63, 3.8) is 0 Å². The Morgan fingerprint density at radius 3 is 3.00 bits per heavy atom. The molecule has 1 heterocycles. The number of rotatable bonds is 6. The molecule has 0 bridgehead atoms. The first-order chi connectivity index (χ1) is 9.69. The van der Waals surface area contributed by atoms with Crippen LogP contribution in [0.5, 0.6) is 5.75 Å². The fourth-order valence-corrected chi connectivity index (χ4v) is 2.12. The number of carbonyl (C=O) groups excluding carboxylic acids is 1. The zero-order valence-corrected chi connectivity index (χ0v) is 13.1. The second-order valence-corrected chi connectivity index (χ2v) is 5.03. The summed E-state index contributed by atoms with van der Waals surface area (Å²) in [6.07, 6.45) is 1.36. The van der Waals surface area contributed by atoms with Crippen LogP contribution >= 0.6 is 12.4 Å². The van der Waals surface area contributed by atoms with Gasteiger partial charge in [0.15, 0.2) is 0 Å². The molecule has 0 aliphatic carbocycles. The first-order valence-electron chi connectivity index (χ1n) is 6.99. The third-order valence-corrected chi connectivity index (χ3v) is 3.25. The predicted molar refractivity (Wildman–Crippen MR) is 83.8 cm³/mol. The quantitative estimate of drug-likeness (QED) is 0.835. The molecule has 0 saturated carbocycles. The highest BCUT2D eigenvalue weighted by atomic mass is 35.5. The van der Waals surface area contributed by atoms with Gasteiger partial charge in [0.2, 0.25) is 5.91 Å². The summed E-state index contributed by atoms with van der Waals surface area (Å²) in [4.78, 5) is 11.5. The largest absolute Gasteiger partial charge is 0.488 e. The summed E-state index contributed by atoms with van der Waals surface area (Å²) < 4.78 is 11.3. The first-order valence-corrected chi connectivity index (χ1v) is 6.99. The summed E-state index contributed by atoms with van der Waals surface area (Å²) in [5.74, 6) is 0.789. The lowest BCUT2D eigenvalue weighted by Gasteiger charge is -2.16.